The molecule has 88 valence electrons. The molecule has 0 bridgehead atoms. The quantitative estimate of drug-likeness (QED) is 0.712. The molecule has 0 aromatic carbocycles. The zero-order chi connectivity index (χ0) is 11.1. The van der Waals surface area contributed by atoms with Gasteiger partial charge in [-0.05, 0) is 25.3 Å². The molecule has 1 saturated heterocycles. The number of hydrogen-bond acceptors (Lipinski definition) is 3. The average molecular weight is 213 g/mol. The first-order valence-electron chi connectivity index (χ1n) is 6.00. The summed E-state index contributed by atoms with van der Waals surface area (Å²) in [5.74, 6) is 0.448. The van der Waals surface area contributed by atoms with Crippen LogP contribution in [0, 0.1) is 5.92 Å². The molecule has 0 aromatic rings. The van der Waals surface area contributed by atoms with Crippen molar-refractivity contribution >= 4 is 5.91 Å². The van der Waals surface area contributed by atoms with Crippen LogP contribution in [0.25, 0.3) is 0 Å². The number of hydrazine groups is 1. The summed E-state index contributed by atoms with van der Waals surface area (Å²) in [5.41, 5.74) is 8.53. The van der Waals surface area contributed by atoms with Crippen LogP contribution in [0.5, 0.6) is 0 Å². The van der Waals surface area contributed by atoms with Crippen molar-refractivity contribution in [1.82, 2.24) is 10.4 Å². The van der Waals surface area contributed by atoms with Crippen LogP contribution < -0.4 is 11.2 Å². The van der Waals surface area contributed by atoms with Gasteiger partial charge in [-0.2, -0.15) is 0 Å². The number of amides is 1. The van der Waals surface area contributed by atoms with Gasteiger partial charge >= 0.3 is 0 Å². The van der Waals surface area contributed by atoms with Crippen molar-refractivity contribution in [2.45, 2.75) is 39.0 Å². The molecule has 0 aromatic heterocycles. The summed E-state index contributed by atoms with van der Waals surface area (Å²) >= 11 is 0. The van der Waals surface area contributed by atoms with E-state index in [-0.39, 0.29) is 5.91 Å². The van der Waals surface area contributed by atoms with Gasteiger partial charge in [-0.1, -0.05) is 19.8 Å². The smallest absolute Gasteiger partial charge is 0.234 e. The number of nitrogens with zero attached hydrogens (tertiary/aromatic N) is 1. The van der Waals surface area contributed by atoms with Crippen LogP contribution in [0.3, 0.4) is 0 Å². The van der Waals surface area contributed by atoms with E-state index < -0.39 is 0 Å². The van der Waals surface area contributed by atoms with Crippen molar-refractivity contribution < 1.29 is 4.79 Å². The minimum absolute atomic E-state index is 0.120. The van der Waals surface area contributed by atoms with Gasteiger partial charge in [0.25, 0.3) is 0 Å². The lowest BCUT2D eigenvalue weighted by atomic mass is 10.0. The second-order valence-electron chi connectivity index (χ2n) is 4.30. The van der Waals surface area contributed by atoms with Gasteiger partial charge in [0.05, 0.1) is 0 Å². The molecule has 1 fully saturated rings. The van der Waals surface area contributed by atoms with Crippen LogP contribution in [0.4, 0.5) is 0 Å². The Labute approximate surface area is 92.2 Å². The lowest BCUT2D eigenvalue weighted by Gasteiger charge is -2.27. The first-order valence-corrected chi connectivity index (χ1v) is 6.00. The third kappa shape index (κ3) is 4.62. The van der Waals surface area contributed by atoms with E-state index in [0.717, 1.165) is 19.5 Å². The third-order valence-electron chi connectivity index (χ3n) is 3.02. The van der Waals surface area contributed by atoms with Gasteiger partial charge < -0.3 is 5.73 Å². The van der Waals surface area contributed by atoms with Gasteiger partial charge in [-0.3, -0.25) is 10.2 Å². The van der Waals surface area contributed by atoms with Gasteiger partial charge in [-0.15, -0.1) is 0 Å². The van der Waals surface area contributed by atoms with Crippen LogP contribution in [0.15, 0.2) is 0 Å². The molecule has 4 heteroatoms. The molecule has 15 heavy (non-hydrogen) atoms. The Morgan fingerprint density at radius 3 is 2.60 bits per heavy atom. The van der Waals surface area contributed by atoms with Crippen LogP contribution in [-0.2, 0) is 4.79 Å². The lowest BCUT2D eigenvalue weighted by molar-refractivity contribution is -0.127. The molecule has 0 spiro atoms. The summed E-state index contributed by atoms with van der Waals surface area (Å²) in [7, 11) is 0. The fourth-order valence-electron chi connectivity index (χ4n) is 1.88. The highest BCUT2D eigenvalue weighted by molar-refractivity contribution is 5.75. The van der Waals surface area contributed by atoms with Gasteiger partial charge in [0.15, 0.2) is 0 Å². The summed E-state index contributed by atoms with van der Waals surface area (Å²) in [5, 5.41) is 2.04. The molecule has 0 radical (unpaired) electrons. The summed E-state index contributed by atoms with van der Waals surface area (Å²) in [6.07, 6.45) is 5.20. The molecule has 4 nitrogen and oxygen atoms in total. The maximum Gasteiger partial charge on any atom is 0.234 e. The number of nitrogens with two attached hydrogens (primary N) is 1. The van der Waals surface area contributed by atoms with E-state index in [1.807, 2.05) is 5.01 Å². The molecule has 1 amide bonds. The number of nitrogens with one attached hydrogen (secondary N) is 1. The predicted octanol–water partition coefficient (Wildman–Crippen LogP) is 0.879. The topological polar surface area (TPSA) is 58.4 Å². The van der Waals surface area contributed by atoms with Crippen LogP contribution >= 0.6 is 0 Å². The number of carbonyl (C=O) groups excluding carboxylic acids is 1. The highest BCUT2D eigenvalue weighted by atomic mass is 16.2. The predicted molar refractivity (Wildman–Crippen MR) is 61.0 cm³/mol. The standard InChI is InChI=1S/C11H23N3O/c1-2-10(9-12)8-11(15)13-14-6-4-3-5-7-14/h10H,2-9,12H2,1H3,(H,13,15). The first-order chi connectivity index (χ1) is 7.26. The first kappa shape index (κ1) is 12.5. The zero-order valence-electron chi connectivity index (χ0n) is 9.67. The second kappa shape index (κ2) is 6.80. The van der Waals surface area contributed by atoms with E-state index in [1.165, 1.54) is 19.3 Å². The van der Waals surface area contributed by atoms with Gasteiger partial charge in [-0.25, -0.2) is 5.01 Å². The molecule has 0 aliphatic carbocycles. The van der Waals surface area contributed by atoms with Crippen LogP contribution in [-0.4, -0.2) is 30.6 Å². The second-order valence-corrected chi connectivity index (χ2v) is 4.30. The molecule has 1 rings (SSSR count). The number of piperidine rings is 1. The van der Waals surface area contributed by atoms with Gasteiger partial charge in [0.1, 0.15) is 0 Å². The van der Waals surface area contributed by atoms with E-state index in [9.17, 15) is 4.79 Å². The van der Waals surface area contributed by atoms with E-state index in [4.69, 9.17) is 5.73 Å². The molecule has 1 unspecified atom stereocenters. The van der Waals surface area contributed by atoms with Crippen molar-refractivity contribution in [3.05, 3.63) is 0 Å². The number of rotatable bonds is 5. The normalized spacial score (nSPS) is 19.9. The average Bonchev–Trinajstić information content (AvgIpc) is 2.27. The fourth-order valence-corrected chi connectivity index (χ4v) is 1.88. The fraction of sp³-hybridized carbons (Fsp3) is 0.909. The number of carbonyl (C=O) groups is 1. The monoisotopic (exact) mass is 213 g/mol. The summed E-state index contributed by atoms with van der Waals surface area (Å²) in [6.45, 7) is 4.66. The molecule has 1 heterocycles. The maximum atomic E-state index is 11.6. The van der Waals surface area contributed by atoms with E-state index in [2.05, 4.69) is 12.3 Å². The third-order valence-corrected chi connectivity index (χ3v) is 3.02. The van der Waals surface area contributed by atoms with Crippen molar-refractivity contribution in [3.8, 4) is 0 Å². The molecule has 1 atom stereocenters. The minimum Gasteiger partial charge on any atom is -0.330 e. The molecule has 0 saturated carbocycles. The van der Waals surface area contributed by atoms with Crippen LogP contribution in [0.1, 0.15) is 39.0 Å². The van der Waals surface area contributed by atoms with Gasteiger partial charge in [0, 0.05) is 19.5 Å². The minimum atomic E-state index is 0.120. The van der Waals surface area contributed by atoms with E-state index >= 15 is 0 Å². The Bertz CT molecular complexity index is 186. The van der Waals surface area contributed by atoms with Crippen molar-refractivity contribution in [2.75, 3.05) is 19.6 Å². The highest BCUT2D eigenvalue weighted by Crippen LogP contribution is 2.08. The Morgan fingerprint density at radius 2 is 2.07 bits per heavy atom. The largest absolute Gasteiger partial charge is 0.330 e. The molecule has 1 aliphatic rings. The van der Waals surface area contributed by atoms with E-state index in [1.54, 1.807) is 0 Å². The molecule has 1 aliphatic heterocycles. The van der Waals surface area contributed by atoms with E-state index in [0.29, 0.717) is 18.9 Å². The lowest BCUT2D eigenvalue weighted by Crippen LogP contribution is -2.45. The number of hydrogen-bond donors (Lipinski definition) is 2. The van der Waals surface area contributed by atoms with Crippen LogP contribution in [0.2, 0.25) is 0 Å². The summed E-state index contributed by atoms with van der Waals surface area (Å²) in [4.78, 5) is 11.6. The maximum absolute atomic E-state index is 11.6. The Kier molecular flexibility index (Phi) is 5.65. The highest BCUT2D eigenvalue weighted by Gasteiger charge is 2.15. The van der Waals surface area contributed by atoms with Crippen molar-refractivity contribution in [1.29, 1.82) is 0 Å². The summed E-state index contributed by atoms with van der Waals surface area (Å²) in [6, 6.07) is 0. The Morgan fingerprint density at radius 1 is 1.40 bits per heavy atom. The van der Waals surface area contributed by atoms with Crippen molar-refractivity contribution in [3.63, 3.8) is 0 Å². The SMILES string of the molecule is CCC(CN)CC(=O)NN1CCCCC1. The zero-order valence-corrected chi connectivity index (χ0v) is 9.67. The summed E-state index contributed by atoms with van der Waals surface area (Å²) < 4.78 is 0. The Hall–Kier alpha value is -0.610. The molecule has 3 N–H and O–H groups in total. The van der Waals surface area contributed by atoms with Crippen molar-refractivity contribution in [2.24, 2.45) is 11.7 Å². The molecular formula is C11H23N3O. The molecular weight excluding hydrogens is 190 g/mol. The van der Waals surface area contributed by atoms with Gasteiger partial charge in [0.2, 0.25) is 5.91 Å². The Balaban J connectivity index is 2.21.